The van der Waals surface area contributed by atoms with Crippen LogP contribution in [0.2, 0.25) is 0 Å². The van der Waals surface area contributed by atoms with Gasteiger partial charge in [-0.1, -0.05) is 24.3 Å². The van der Waals surface area contributed by atoms with Crippen LogP contribution in [0.4, 0.5) is 5.82 Å². The number of nitrogens with zero attached hydrogens (tertiary/aromatic N) is 3. The van der Waals surface area contributed by atoms with Crippen molar-refractivity contribution in [1.82, 2.24) is 19.9 Å². The van der Waals surface area contributed by atoms with E-state index in [1.807, 2.05) is 38.1 Å². The van der Waals surface area contributed by atoms with Crippen LogP contribution >= 0.6 is 0 Å². The molecule has 0 fully saturated rings. The highest BCUT2D eigenvalue weighted by molar-refractivity contribution is 5.83. The van der Waals surface area contributed by atoms with Crippen LogP contribution < -0.4 is 5.32 Å². The summed E-state index contributed by atoms with van der Waals surface area (Å²) in [4.78, 5) is 17.0. The molecule has 4 aromatic rings. The summed E-state index contributed by atoms with van der Waals surface area (Å²) in [6.07, 6.45) is 4.77. The van der Waals surface area contributed by atoms with Crippen molar-refractivity contribution in [3.05, 3.63) is 71.7 Å². The third-order valence-corrected chi connectivity index (χ3v) is 4.64. The largest absolute Gasteiger partial charge is 0.369 e. The zero-order valence-electron chi connectivity index (χ0n) is 15.0. The van der Waals surface area contributed by atoms with Gasteiger partial charge >= 0.3 is 0 Å². The average Bonchev–Trinajstić information content (AvgIpc) is 3.09. The van der Waals surface area contributed by atoms with E-state index in [4.69, 9.17) is 4.98 Å². The number of nitrogens with one attached hydrogen (secondary N) is 2. The molecule has 0 saturated heterocycles. The summed E-state index contributed by atoms with van der Waals surface area (Å²) in [7, 11) is 0. The summed E-state index contributed by atoms with van der Waals surface area (Å²) in [5.74, 6) is 1.53. The fraction of sp³-hybridized carbons (Fsp3) is 0.190. The number of H-pyrrole nitrogens is 1. The average molecular weight is 343 g/mol. The first kappa shape index (κ1) is 16.3. The van der Waals surface area contributed by atoms with Crippen LogP contribution in [0, 0.1) is 13.8 Å². The maximum atomic E-state index is 4.69. The summed E-state index contributed by atoms with van der Waals surface area (Å²) >= 11 is 0. The number of rotatable bonds is 5. The number of hydrogen-bond acceptors (Lipinski definition) is 4. The molecule has 0 aliphatic heterocycles. The molecule has 0 aliphatic carbocycles. The number of anilines is 1. The molecule has 130 valence electrons. The smallest absolute Gasteiger partial charge is 0.180 e. The van der Waals surface area contributed by atoms with Crippen molar-refractivity contribution in [3.8, 4) is 11.5 Å². The molecule has 3 aromatic heterocycles. The van der Waals surface area contributed by atoms with Crippen LogP contribution in [0.3, 0.4) is 0 Å². The van der Waals surface area contributed by atoms with Crippen molar-refractivity contribution >= 4 is 16.7 Å². The lowest BCUT2D eigenvalue weighted by atomic mass is 10.1. The van der Waals surface area contributed by atoms with Crippen molar-refractivity contribution in [2.45, 2.75) is 20.3 Å². The Hall–Kier alpha value is -3.21. The number of para-hydroxylation sites is 1. The number of pyridine rings is 1. The number of aromatic amines is 1. The minimum atomic E-state index is 0.656. The predicted molar refractivity (Wildman–Crippen MR) is 105 cm³/mol. The first-order valence-electron chi connectivity index (χ1n) is 8.78. The zero-order chi connectivity index (χ0) is 17.9. The SMILES string of the molecule is Cc1nc(-c2ccccn2)nc(NCCc2c[nH]c3ccccc23)c1C. The highest BCUT2D eigenvalue weighted by Gasteiger charge is 2.10. The van der Waals surface area contributed by atoms with Crippen LogP contribution in [0.15, 0.2) is 54.9 Å². The second-order valence-electron chi connectivity index (χ2n) is 6.36. The van der Waals surface area contributed by atoms with E-state index in [-0.39, 0.29) is 0 Å². The lowest BCUT2D eigenvalue weighted by molar-refractivity contribution is 0.985. The molecule has 0 atom stereocenters. The van der Waals surface area contributed by atoms with Crippen LogP contribution in [-0.2, 0) is 6.42 Å². The Bertz CT molecular complexity index is 1040. The van der Waals surface area contributed by atoms with Crippen LogP contribution in [0.5, 0.6) is 0 Å². The van der Waals surface area contributed by atoms with Gasteiger partial charge in [-0.2, -0.15) is 0 Å². The monoisotopic (exact) mass is 343 g/mol. The zero-order valence-corrected chi connectivity index (χ0v) is 15.0. The van der Waals surface area contributed by atoms with Crippen LogP contribution in [0.25, 0.3) is 22.4 Å². The first-order valence-corrected chi connectivity index (χ1v) is 8.78. The third-order valence-electron chi connectivity index (χ3n) is 4.64. The van der Waals surface area contributed by atoms with Gasteiger partial charge < -0.3 is 10.3 Å². The van der Waals surface area contributed by atoms with Crippen LogP contribution in [0.1, 0.15) is 16.8 Å². The van der Waals surface area contributed by atoms with E-state index in [1.165, 1.54) is 16.5 Å². The quantitative estimate of drug-likeness (QED) is 0.567. The van der Waals surface area contributed by atoms with E-state index < -0.39 is 0 Å². The van der Waals surface area contributed by atoms with Gasteiger partial charge in [0.05, 0.1) is 0 Å². The summed E-state index contributed by atoms with van der Waals surface area (Å²) < 4.78 is 0. The van der Waals surface area contributed by atoms with Crippen molar-refractivity contribution in [2.75, 3.05) is 11.9 Å². The van der Waals surface area contributed by atoms with Crippen LogP contribution in [-0.4, -0.2) is 26.5 Å². The Morgan fingerprint density at radius 1 is 1.00 bits per heavy atom. The Morgan fingerprint density at radius 2 is 1.85 bits per heavy atom. The van der Waals surface area contributed by atoms with Gasteiger partial charge in [0.2, 0.25) is 0 Å². The number of fused-ring (bicyclic) bond motifs is 1. The van der Waals surface area contributed by atoms with Crippen molar-refractivity contribution in [1.29, 1.82) is 0 Å². The van der Waals surface area contributed by atoms with Crippen molar-refractivity contribution in [3.63, 3.8) is 0 Å². The molecule has 0 spiro atoms. The summed E-state index contributed by atoms with van der Waals surface area (Å²) in [5, 5.41) is 4.75. The second kappa shape index (κ2) is 6.96. The highest BCUT2D eigenvalue weighted by atomic mass is 15.0. The van der Waals surface area contributed by atoms with Gasteiger partial charge in [-0.3, -0.25) is 4.98 Å². The van der Waals surface area contributed by atoms with Gasteiger partial charge in [-0.15, -0.1) is 0 Å². The number of hydrogen-bond donors (Lipinski definition) is 2. The fourth-order valence-electron chi connectivity index (χ4n) is 3.06. The van der Waals surface area contributed by atoms with Crippen molar-refractivity contribution in [2.24, 2.45) is 0 Å². The normalized spacial score (nSPS) is 11.0. The maximum Gasteiger partial charge on any atom is 0.180 e. The van der Waals surface area contributed by atoms with Gasteiger partial charge in [-0.05, 0) is 44.0 Å². The minimum Gasteiger partial charge on any atom is -0.369 e. The summed E-state index contributed by atoms with van der Waals surface area (Å²) in [5.41, 5.74) is 5.31. The topological polar surface area (TPSA) is 66.5 Å². The predicted octanol–water partition coefficient (Wildman–Crippen LogP) is 4.29. The van der Waals surface area contributed by atoms with Gasteiger partial charge in [0.15, 0.2) is 5.82 Å². The van der Waals surface area contributed by atoms with E-state index in [0.717, 1.165) is 35.7 Å². The number of aromatic nitrogens is 4. The molecule has 2 N–H and O–H groups in total. The van der Waals surface area contributed by atoms with Gasteiger partial charge in [0, 0.05) is 41.1 Å². The van der Waals surface area contributed by atoms with E-state index in [0.29, 0.717) is 5.82 Å². The second-order valence-corrected chi connectivity index (χ2v) is 6.36. The first-order chi connectivity index (χ1) is 12.7. The summed E-state index contributed by atoms with van der Waals surface area (Å²) in [6.45, 7) is 4.86. The lowest BCUT2D eigenvalue weighted by Gasteiger charge is -2.12. The lowest BCUT2D eigenvalue weighted by Crippen LogP contribution is -2.10. The molecular weight excluding hydrogens is 322 g/mol. The van der Waals surface area contributed by atoms with Crippen molar-refractivity contribution < 1.29 is 0 Å². The molecular formula is C21H21N5. The van der Waals surface area contributed by atoms with E-state index in [2.05, 4.69) is 44.7 Å². The van der Waals surface area contributed by atoms with Gasteiger partial charge in [0.25, 0.3) is 0 Å². The number of aryl methyl sites for hydroxylation is 1. The molecule has 0 bridgehead atoms. The van der Waals surface area contributed by atoms with E-state index in [9.17, 15) is 0 Å². The Morgan fingerprint density at radius 3 is 2.69 bits per heavy atom. The molecule has 0 radical (unpaired) electrons. The molecule has 5 heteroatoms. The molecule has 0 unspecified atom stereocenters. The molecule has 26 heavy (non-hydrogen) atoms. The van der Waals surface area contributed by atoms with Gasteiger partial charge in [0.1, 0.15) is 11.5 Å². The Balaban J connectivity index is 1.53. The van der Waals surface area contributed by atoms with E-state index >= 15 is 0 Å². The fourth-order valence-corrected chi connectivity index (χ4v) is 3.06. The molecule has 4 rings (SSSR count). The van der Waals surface area contributed by atoms with Gasteiger partial charge in [-0.25, -0.2) is 9.97 Å². The maximum absolute atomic E-state index is 4.69. The van der Waals surface area contributed by atoms with E-state index in [1.54, 1.807) is 6.20 Å². The Kier molecular flexibility index (Phi) is 4.35. The third kappa shape index (κ3) is 3.16. The molecule has 0 aliphatic rings. The summed E-state index contributed by atoms with van der Waals surface area (Å²) in [6, 6.07) is 14.1. The molecule has 5 nitrogen and oxygen atoms in total. The molecule has 1 aromatic carbocycles. The number of benzene rings is 1. The molecule has 3 heterocycles. The molecule has 0 amide bonds. The minimum absolute atomic E-state index is 0.656. The standard InChI is InChI=1S/C21H21N5/c1-14-15(2)25-21(19-9-5-6-11-22-19)26-20(14)23-12-10-16-13-24-18-8-4-3-7-17(16)18/h3-9,11,13,24H,10,12H2,1-2H3,(H,23,25,26). The highest BCUT2D eigenvalue weighted by Crippen LogP contribution is 2.21. The Labute approximate surface area is 152 Å². The molecule has 0 saturated carbocycles.